The number of phenolic OH excluding ortho intramolecular Hbond substituents is 1. The molecule has 0 saturated heterocycles. The fourth-order valence-corrected chi connectivity index (χ4v) is 6.16. The molecule has 0 fully saturated rings. The second-order valence-electron chi connectivity index (χ2n) is 8.20. The number of rotatable bonds is 5. The summed E-state index contributed by atoms with van der Waals surface area (Å²) in [5.41, 5.74) is 8.50. The molecule has 0 bridgehead atoms. The van der Waals surface area contributed by atoms with Crippen LogP contribution in [0.3, 0.4) is 0 Å². The predicted molar refractivity (Wildman–Crippen MR) is 148 cm³/mol. The summed E-state index contributed by atoms with van der Waals surface area (Å²) in [6.07, 6.45) is 3.31. The highest BCUT2D eigenvalue weighted by Crippen LogP contribution is 2.37. The van der Waals surface area contributed by atoms with Crippen molar-refractivity contribution in [1.29, 1.82) is 5.26 Å². The predicted octanol–water partition coefficient (Wildman–Crippen LogP) is 5.19. The Morgan fingerprint density at radius 1 is 1.08 bits per heavy atom. The van der Waals surface area contributed by atoms with Crippen LogP contribution < -0.4 is 10.5 Å². The van der Waals surface area contributed by atoms with E-state index in [2.05, 4.69) is 15.8 Å². The quantitative estimate of drug-likeness (QED) is 0.260. The van der Waals surface area contributed by atoms with Crippen LogP contribution in [0.1, 0.15) is 17.0 Å². The summed E-state index contributed by atoms with van der Waals surface area (Å²) in [6, 6.07) is 22.9. The minimum atomic E-state index is -4.00. The number of benzene rings is 3. The third kappa shape index (κ3) is 4.71. The molecule has 184 valence electrons. The van der Waals surface area contributed by atoms with Crippen LogP contribution in [0.25, 0.3) is 16.7 Å². The van der Waals surface area contributed by atoms with E-state index in [9.17, 15) is 18.8 Å². The summed E-state index contributed by atoms with van der Waals surface area (Å²) in [4.78, 5) is 4.14. The van der Waals surface area contributed by atoms with Crippen molar-refractivity contribution < 1.29 is 18.3 Å². The van der Waals surface area contributed by atoms with Crippen molar-refractivity contribution in [3.05, 3.63) is 111 Å². The lowest BCUT2D eigenvalue weighted by atomic mass is 9.89. The topological polar surface area (TPSA) is 138 Å². The monoisotopic (exact) mass is 622 g/mol. The molecule has 1 aliphatic heterocycles. The van der Waals surface area contributed by atoms with E-state index in [0.717, 1.165) is 5.56 Å². The fraction of sp³-hybridized carbons (Fsp3) is 0.0370. The number of hydrogen-bond donors (Lipinski definition) is 3. The molecule has 0 radical (unpaired) electrons. The Kier molecular flexibility index (Phi) is 6.49. The third-order valence-electron chi connectivity index (χ3n) is 5.89. The van der Waals surface area contributed by atoms with Crippen LogP contribution in [0.15, 0.2) is 101 Å². The lowest BCUT2D eigenvalue weighted by molar-refractivity contribution is 0.360. The van der Waals surface area contributed by atoms with Crippen molar-refractivity contribution in [1.82, 2.24) is 4.98 Å². The zero-order chi connectivity index (χ0) is 26.2. The Balaban J connectivity index is 1.45. The fourth-order valence-electron chi connectivity index (χ4n) is 4.10. The van der Waals surface area contributed by atoms with Crippen LogP contribution in [0.5, 0.6) is 5.75 Å². The van der Waals surface area contributed by atoms with Crippen LogP contribution in [-0.4, -0.2) is 18.5 Å². The number of allylic oxidation sites excluding steroid dienone is 2. The molecular weight excluding hydrogens is 603 g/mol. The number of nitriles is 1. The van der Waals surface area contributed by atoms with Crippen LogP contribution in [0, 0.1) is 14.9 Å². The Hall–Kier alpha value is -4.08. The van der Waals surface area contributed by atoms with E-state index >= 15 is 0 Å². The van der Waals surface area contributed by atoms with E-state index in [4.69, 9.17) is 10.5 Å². The first-order chi connectivity index (χ1) is 17.8. The minimum absolute atomic E-state index is 0.00726. The van der Waals surface area contributed by atoms with Crippen LogP contribution in [-0.2, 0) is 14.8 Å². The van der Waals surface area contributed by atoms with Crippen LogP contribution >= 0.6 is 22.6 Å². The molecule has 1 aromatic heterocycles. The summed E-state index contributed by atoms with van der Waals surface area (Å²) in [5, 5.41) is 20.2. The summed E-state index contributed by atoms with van der Waals surface area (Å²) in [6.45, 7) is 0. The van der Waals surface area contributed by atoms with Crippen LogP contribution in [0.2, 0.25) is 0 Å². The highest BCUT2D eigenvalue weighted by atomic mass is 127. The molecule has 8 nitrogen and oxygen atoms in total. The zero-order valence-electron chi connectivity index (χ0n) is 19.1. The van der Waals surface area contributed by atoms with Crippen LogP contribution in [0.4, 0.5) is 5.69 Å². The molecule has 2 heterocycles. The van der Waals surface area contributed by atoms with E-state index in [0.29, 0.717) is 31.5 Å². The molecule has 4 aromatic rings. The van der Waals surface area contributed by atoms with Crippen molar-refractivity contribution in [3.63, 3.8) is 0 Å². The number of phenols is 1. The van der Waals surface area contributed by atoms with Gasteiger partial charge in [0.05, 0.1) is 8.47 Å². The second-order valence-corrected chi connectivity index (χ2v) is 11.0. The average Bonchev–Trinajstić information content (AvgIpc) is 2.91. The number of hydrogen-bond acceptors (Lipinski definition) is 7. The van der Waals surface area contributed by atoms with Crippen molar-refractivity contribution in [2.24, 2.45) is 5.73 Å². The molecule has 5 rings (SSSR count). The number of fused-ring (bicyclic) bond motifs is 1. The van der Waals surface area contributed by atoms with E-state index in [1.807, 2.05) is 59.0 Å². The number of nitrogens with one attached hydrogen (secondary N) is 1. The third-order valence-corrected chi connectivity index (χ3v) is 8.13. The first-order valence-electron chi connectivity index (χ1n) is 11.0. The maximum Gasteiger partial charge on any atom is 0.262 e. The molecule has 1 atom stereocenters. The van der Waals surface area contributed by atoms with Gasteiger partial charge in [-0.05, 0) is 76.7 Å². The maximum atomic E-state index is 13.3. The number of anilines is 1. The Morgan fingerprint density at radius 2 is 1.81 bits per heavy atom. The summed E-state index contributed by atoms with van der Waals surface area (Å²) in [5.74, 6) is 0.0555. The Labute approximate surface area is 226 Å². The number of ether oxygens (including phenoxy) is 1. The van der Waals surface area contributed by atoms with Gasteiger partial charge in [-0.1, -0.05) is 30.3 Å². The van der Waals surface area contributed by atoms with E-state index in [-0.39, 0.29) is 28.0 Å². The van der Waals surface area contributed by atoms with Crippen molar-refractivity contribution >= 4 is 55.0 Å². The number of nitrogens with two attached hydrogens (primary N) is 1. The molecular formula is C27H19IN4O4S. The van der Waals surface area contributed by atoms with Crippen molar-refractivity contribution in [2.45, 2.75) is 10.8 Å². The van der Waals surface area contributed by atoms with Gasteiger partial charge < -0.3 is 15.6 Å². The molecule has 0 saturated carbocycles. The number of halogens is 1. The van der Waals surface area contributed by atoms with E-state index in [1.165, 1.54) is 12.3 Å². The van der Waals surface area contributed by atoms with E-state index < -0.39 is 10.0 Å². The summed E-state index contributed by atoms with van der Waals surface area (Å²) >= 11 is 1.87. The SMILES string of the molecule is N#CC1=C(N)OC(c2ccc(NS(=O)(=O)c3cc(I)c(O)c4ncccc34)cc2)=CC1c1ccccc1. The second kappa shape index (κ2) is 9.76. The van der Waals surface area contributed by atoms with Gasteiger partial charge in [0.25, 0.3) is 10.0 Å². The number of nitrogens with zero attached hydrogens (tertiary/aromatic N) is 2. The normalized spacial score (nSPS) is 15.6. The maximum absolute atomic E-state index is 13.3. The Bertz CT molecular complexity index is 1730. The average molecular weight is 622 g/mol. The molecule has 0 spiro atoms. The lowest BCUT2D eigenvalue weighted by Gasteiger charge is -2.23. The summed E-state index contributed by atoms with van der Waals surface area (Å²) in [7, 11) is -4.00. The molecule has 37 heavy (non-hydrogen) atoms. The number of sulfonamides is 1. The first-order valence-corrected chi connectivity index (χ1v) is 13.6. The molecule has 10 heteroatoms. The smallest absolute Gasteiger partial charge is 0.262 e. The standard InChI is InChI=1S/C27H19IN4O4S/c28-22-14-24(19-7-4-12-31-25(19)26(22)33)37(34,35)32-18-10-8-17(9-11-18)23-13-20(16-5-2-1-3-6-16)21(15-29)27(30)36-23/h1-14,20,32-33H,30H2. The largest absolute Gasteiger partial charge is 0.505 e. The summed E-state index contributed by atoms with van der Waals surface area (Å²) < 4.78 is 35.2. The molecule has 0 amide bonds. The number of aromatic nitrogens is 1. The molecule has 4 N–H and O–H groups in total. The molecule has 1 aliphatic rings. The molecule has 1 unspecified atom stereocenters. The number of pyridine rings is 1. The van der Waals surface area contributed by atoms with Gasteiger partial charge in [0.15, 0.2) is 5.75 Å². The van der Waals surface area contributed by atoms with Gasteiger partial charge in [-0.15, -0.1) is 0 Å². The van der Waals surface area contributed by atoms with Gasteiger partial charge in [-0.25, -0.2) is 8.42 Å². The zero-order valence-corrected chi connectivity index (χ0v) is 22.1. The van der Waals surface area contributed by atoms with Gasteiger partial charge in [0.2, 0.25) is 5.88 Å². The van der Waals surface area contributed by atoms with Gasteiger partial charge >= 0.3 is 0 Å². The van der Waals surface area contributed by atoms with Crippen molar-refractivity contribution in [2.75, 3.05) is 4.72 Å². The Morgan fingerprint density at radius 3 is 2.51 bits per heavy atom. The van der Waals surface area contributed by atoms with E-state index in [1.54, 1.807) is 36.4 Å². The first kappa shape index (κ1) is 24.6. The molecule has 3 aromatic carbocycles. The molecule has 0 aliphatic carbocycles. The highest BCUT2D eigenvalue weighted by Gasteiger charge is 2.26. The van der Waals surface area contributed by atoms with Gasteiger partial charge in [-0.2, -0.15) is 5.26 Å². The minimum Gasteiger partial charge on any atom is -0.505 e. The number of aromatic hydroxyl groups is 1. The highest BCUT2D eigenvalue weighted by molar-refractivity contribution is 14.1. The van der Waals surface area contributed by atoms with Gasteiger partial charge in [0.1, 0.15) is 22.9 Å². The lowest BCUT2D eigenvalue weighted by Crippen LogP contribution is -2.16. The van der Waals surface area contributed by atoms with Gasteiger partial charge in [-0.3, -0.25) is 9.71 Å². The van der Waals surface area contributed by atoms with Crippen molar-refractivity contribution in [3.8, 4) is 11.8 Å². The van der Waals surface area contributed by atoms with Gasteiger partial charge in [0, 0.05) is 28.8 Å².